The molecule has 10 heteroatoms. The molecule has 0 saturated carbocycles. The van der Waals surface area contributed by atoms with Crippen molar-refractivity contribution in [3.8, 4) is 0 Å². The molecule has 1 amide bonds. The number of carbonyl (C=O) groups excluding carboxylic acids is 1. The zero-order valence-corrected chi connectivity index (χ0v) is 17.1. The lowest BCUT2D eigenvalue weighted by atomic mass is 10.4. The summed E-state index contributed by atoms with van der Waals surface area (Å²) in [4.78, 5) is 30.0. The Hall–Kier alpha value is -2.46. The monoisotopic (exact) mass is 402 g/mol. The quantitative estimate of drug-likeness (QED) is 0.630. The van der Waals surface area contributed by atoms with Gasteiger partial charge in [0.25, 0.3) is 0 Å². The summed E-state index contributed by atoms with van der Waals surface area (Å²) in [5.41, 5.74) is 1.55. The summed E-state index contributed by atoms with van der Waals surface area (Å²) < 4.78 is 7.42. The molecule has 2 saturated heterocycles. The number of rotatable bonds is 9. The highest BCUT2D eigenvalue weighted by Crippen LogP contribution is 2.21. The van der Waals surface area contributed by atoms with Crippen LogP contribution in [0.25, 0.3) is 11.2 Å². The minimum absolute atomic E-state index is 0.239. The van der Waals surface area contributed by atoms with Gasteiger partial charge < -0.3 is 24.8 Å². The number of hydrogen-bond acceptors (Lipinski definition) is 8. The number of ether oxygens (including phenoxy) is 1. The van der Waals surface area contributed by atoms with E-state index >= 15 is 0 Å². The molecule has 2 aromatic rings. The lowest BCUT2D eigenvalue weighted by molar-refractivity contribution is -0.127. The van der Waals surface area contributed by atoms with Crippen LogP contribution in [0.4, 0.5) is 11.8 Å². The van der Waals surface area contributed by atoms with Crippen molar-refractivity contribution in [1.82, 2.24) is 29.3 Å². The van der Waals surface area contributed by atoms with Crippen LogP contribution in [-0.4, -0.2) is 94.3 Å². The molecule has 0 atom stereocenters. The van der Waals surface area contributed by atoms with Gasteiger partial charge in [0.15, 0.2) is 17.0 Å². The molecule has 0 aliphatic carbocycles. The van der Waals surface area contributed by atoms with Crippen LogP contribution in [0.1, 0.15) is 19.8 Å². The maximum absolute atomic E-state index is 11.9. The van der Waals surface area contributed by atoms with Gasteiger partial charge in [-0.25, -0.2) is 4.98 Å². The predicted octanol–water partition coefficient (Wildman–Crippen LogP) is 0.625. The fraction of sp³-hybridized carbons (Fsp3) is 0.684. The van der Waals surface area contributed by atoms with Crippen molar-refractivity contribution < 1.29 is 9.53 Å². The molecule has 0 spiro atoms. The first kappa shape index (κ1) is 19.8. The molecule has 10 nitrogen and oxygen atoms in total. The minimum atomic E-state index is 0.239. The zero-order chi connectivity index (χ0) is 20.1. The van der Waals surface area contributed by atoms with Crippen LogP contribution < -0.4 is 10.6 Å². The molecular formula is C19H30N8O2. The van der Waals surface area contributed by atoms with Crippen molar-refractivity contribution >= 4 is 28.8 Å². The summed E-state index contributed by atoms with van der Waals surface area (Å²) >= 11 is 0. The molecule has 4 heterocycles. The van der Waals surface area contributed by atoms with Gasteiger partial charge >= 0.3 is 0 Å². The molecule has 2 N–H and O–H groups in total. The first-order chi connectivity index (χ1) is 14.2. The molecule has 2 aliphatic rings. The van der Waals surface area contributed by atoms with Gasteiger partial charge in [0, 0.05) is 58.8 Å². The highest BCUT2D eigenvalue weighted by molar-refractivity contribution is 5.84. The molecule has 2 fully saturated rings. The zero-order valence-electron chi connectivity index (χ0n) is 17.1. The predicted molar refractivity (Wildman–Crippen MR) is 111 cm³/mol. The van der Waals surface area contributed by atoms with Crippen molar-refractivity contribution in [1.29, 1.82) is 0 Å². The number of aromatic nitrogens is 4. The van der Waals surface area contributed by atoms with Gasteiger partial charge in [0.2, 0.25) is 11.9 Å². The smallest absolute Gasteiger partial charge is 0.226 e. The van der Waals surface area contributed by atoms with E-state index in [4.69, 9.17) is 4.74 Å². The second-order valence-electron chi connectivity index (χ2n) is 7.40. The summed E-state index contributed by atoms with van der Waals surface area (Å²) in [6.45, 7) is 10.2. The largest absolute Gasteiger partial charge is 0.379 e. The Morgan fingerprint density at radius 2 is 1.97 bits per heavy atom. The average molecular weight is 403 g/mol. The van der Waals surface area contributed by atoms with Gasteiger partial charge in [-0.15, -0.1) is 0 Å². The Labute approximate surface area is 170 Å². The van der Waals surface area contributed by atoms with Gasteiger partial charge in [0.1, 0.15) is 0 Å². The van der Waals surface area contributed by atoms with Crippen molar-refractivity contribution in [2.45, 2.75) is 26.3 Å². The van der Waals surface area contributed by atoms with E-state index in [-0.39, 0.29) is 5.91 Å². The molecule has 158 valence electrons. The van der Waals surface area contributed by atoms with Crippen molar-refractivity contribution in [3.05, 3.63) is 6.33 Å². The van der Waals surface area contributed by atoms with Crippen LogP contribution in [0.3, 0.4) is 0 Å². The molecule has 0 unspecified atom stereocenters. The second-order valence-corrected chi connectivity index (χ2v) is 7.40. The van der Waals surface area contributed by atoms with Crippen LogP contribution >= 0.6 is 0 Å². The molecule has 29 heavy (non-hydrogen) atoms. The molecule has 0 radical (unpaired) electrons. The fourth-order valence-corrected chi connectivity index (χ4v) is 3.79. The number of nitrogens with zero attached hydrogens (tertiary/aromatic N) is 6. The number of carbonyl (C=O) groups is 1. The van der Waals surface area contributed by atoms with E-state index in [9.17, 15) is 4.79 Å². The van der Waals surface area contributed by atoms with E-state index in [1.807, 2.05) is 16.4 Å². The van der Waals surface area contributed by atoms with Crippen LogP contribution in [0.2, 0.25) is 0 Å². The van der Waals surface area contributed by atoms with E-state index in [2.05, 4.69) is 30.5 Å². The Morgan fingerprint density at radius 3 is 2.72 bits per heavy atom. The lowest BCUT2D eigenvalue weighted by Gasteiger charge is -2.26. The van der Waals surface area contributed by atoms with Gasteiger partial charge in [-0.05, 0) is 13.3 Å². The summed E-state index contributed by atoms with van der Waals surface area (Å²) in [6, 6.07) is 0. The van der Waals surface area contributed by atoms with E-state index in [0.29, 0.717) is 25.5 Å². The van der Waals surface area contributed by atoms with E-state index in [0.717, 1.165) is 75.9 Å². The summed E-state index contributed by atoms with van der Waals surface area (Å²) in [5.74, 6) is 1.57. The van der Waals surface area contributed by atoms with Crippen LogP contribution in [0.5, 0.6) is 0 Å². The maximum Gasteiger partial charge on any atom is 0.226 e. The highest BCUT2D eigenvalue weighted by Gasteiger charge is 2.20. The number of amides is 1. The fourth-order valence-electron chi connectivity index (χ4n) is 3.79. The third kappa shape index (κ3) is 4.76. The SMILES string of the molecule is CCNc1nc(NCCN2CCOCC2)c2ncn(CCN3CCCC3=O)c2n1. The Balaban J connectivity index is 1.47. The summed E-state index contributed by atoms with van der Waals surface area (Å²) in [5, 5.41) is 6.64. The number of imidazole rings is 1. The number of anilines is 2. The molecule has 2 aliphatic heterocycles. The Kier molecular flexibility index (Phi) is 6.40. The number of nitrogens with one attached hydrogen (secondary N) is 2. The van der Waals surface area contributed by atoms with Gasteiger partial charge in [-0.1, -0.05) is 0 Å². The van der Waals surface area contributed by atoms with Crippen LogP contribution in [0, 0.1) is 0 Å². The van der Waals surface area contributed by atoms with E-state index in [1.54, 1.807) is 6.33 Å². The third-order valence-corrected chi connectivity index (χ3v) is 5.41. The second kappa shape index (κ2) is 9.36. The van der Waals surface area contributed by atoms with Crippen molar-refractivity contribution in [2.75, 3.05) is 69.7 Å². The topological polar surface area (TPSA) is 100 Å². The van der Waals surface area contributed by atoms with Crippen LogP contribution in [0.15, 0.2) is 6.33 Å². The number of likely N-dealkylation sites (tertiary alicyclic amines) is 1. The summed E-state index contributed by atoms with van der Waals surface area (Å²) in [6.07, 6.45) is 3.41. The highest BCUT2D eigenvalue weighted by atomic mass is 16.5. The first-order valence-corrected chi connectivity index (χ1v) is 10.5. The molecule has 2 aromatic heterocycles. The molecule has 0 aromatic carbocycles. The van der Waals surface area contributed by atoms with Gasteiger partial charge in [-0.3, -0.25) is 9.69 Å². The van der Waals surface area contributed by atoms with Crippen molar-refractivity contribution in [2.24, 2.45) is 0 Å². The lowest BCUT2D eigenvalue weighted by Crippen LogP contribution is -2.39. The number of hydrogen-bond donors (Lipinski definition) is 2. The standard InChI is InChI=1S/C19H30N8O2/c1-2-20-19-23-17(21-5-7-25-10-12-29-13-11-25)16-18(24-19)27(14-22-16)9-8-26-6-3-4-15(26)28/h14H,2-13H2,1H3,(H2,20,21,23,24). The number of morpholine rings is 1. The van der Waals surface area contributed by atoms with E-state index in [1.165, 1.54) is 0 Å². The normalized spacial score (nSPS) is 18.0. The molecule has 4 rings (SSSR count). The molecule has 0 bridgehead atoms. The van der Waals surface area contributed by atoms with Crippen LogP contribution in [-0.2, 0) is 16.1 Å². The maximum atomic E-state index is 11.9. The summed E-state index contributed by atoms with van der Waals surface area (Å²) in [7, 11) is 0. The van der Waals surface area contributed by atoms with Gasteiger partial charge in [-0.2, -0.15) is 9.97 Å². The van der Waals surface area contributed by atoms with Gasteiger partial charge in [0.05, 0.1) is 19.5 Å². The van der Waals surface area contributed by atoms with E-state index < -0.39 is 0 Å². The Bertz CT molecular complexity index is 833. The third-order valence-electron chi connectivity index (χ3n) is 5.41. The Morgan fingerprint density at radius 1 is 1.10 bits per heavy atom. The number of fused-ring (bicyclic) bond motifs is 1. The minimum Gasteiger partial charge on any atom is -0.379 e. The average Bonchev–Trinajstić information content (AvgIpc) is 3.33. The van der Waals surface area contributed by atoms with Crippen molar-refractivity contribution in [3.63, 3.8) is 0 Å². The first-order valence-electron chi connectivity index (χ1n) is 10.5. The molecular weight excluding hydrogens is 372 g/mol.